The van der Waals surface area contributed by atoms with E-state index in [0.29, 0.717) is 40.1 Å². The summed E-state index contributed by atoms with van der Waals surface area (Å²) < 4.78 is 10.6. The van der Waals surface area contributed by atoms with Crippen LogP contribution in [0.15, 0.2) is 114 Å². The van der Waals surface area contributed by atoms with Crippen molar-refractivity contribution in [3.05, 3.63) is 136 Å². The van der Waals surface area contributed by atoms with Crippen molar-refractivity contribution in [1.29, 1.82) is 0 Å². The van der Waals surface area contributed by atoms with Gasteiger partial charge in [0.05, 0.1) is 43.1 Å². The molecule has 0 bridgehead atoms. The highest BCUT2D eigenvalue weighted by atomic mass is 16.5. The van der Waals surface area contributed by atoms with Crippen molar-refractivity contribution in [3.63, 3.8) is 0 Å². The molecule has 0 radical (unpaired) electrons. The van der Waals surface area contributed by atoms with Gasteiger partial charge in [0.1, 0.15) is 11.5 Å². The number of amides is 1. The van der Waals surface area contributed by atoms with E-state index in [1.54, 1.807) is 25.2 Å². The topological polar surface area (TPSA) is 84.5 Å². The number of rotatable bonds is 8. The number of fused-ring (bicyclic) bond motifs is 2. The number of nitrogens with one attached hydrogen (secondary N) is 1. The number of ether oxygens (including phenoxy) is 2. The van der Waals surface area contributed by atoms with Crippen LogP contribution >= 0.6 is 0 Å². The van der Waals surface area contributed by atoms with E-state index >= 15 is 0 Å². The van der Waals surface area contributed by atoms with Crippen LogP contribution in [0.5, 0.6) is 11.5 Å². The average Bonchev–Trinajstić information content (AvgIpc) is 3.04. The Morgan fingerprint density at radius 3 is 2.26 bits per heavy atom. The third kappa shape index (κ3) is 5.45. The molecule has 2 aromatic heterocycles. The zero-order valence-corrected chi connectivity index (χ0v) is 23.3. The molecule has 42 heavy (non-hydrogen) atoms. The number of aromatic amines is 1. The number of benzene rings is 4. The van der Waals surface area contributed by atoms with Gasteiger partial charge in [0.2, 0.25) is 0 Å². The summed E-state index contributed by atoms with van der Waals surface area (Å²) in [6, 6.07) is 34.2. The van der Waals surface area contributed by atoms with Gasteiger partial charge in [-0.25, -0.2) is 4.98 Å². The summed E-state index contributed by atoms with van der Waals surface area (Å²) in [4.78, 5) is 37.2. The maximum atomic E-state index is 14.5. The fraction of sp³-hybridized carbons (Fsp3) is 0.114. The summed E-state index contributed by atoms with van der Waals surface area (Å²) in [6.45, 7) is 0.452. The van der Waals surface area contributed by atoms with Crippen molar-refractivity contribution in [3.8, 4) is 22.8 Å². The Labute approximate surface area is 243 Å². The molecule has 1 N–H and O–H groups in total. The van der Waals surface area contributed by atoms with Gasteiger partial charge in [0, 0.05) is 29.1 Å². The molecule has 1 amide bonds. The lowest BCUT2D eigenvalue weighted by atomic mass is 10.0. The maximum absolute atomic E-state index is 14.5. The lowest BCUT2D eigenvalue weighted by Crippen LogP contribution is -2.32. The first-order valence-corrected chi connectivity index (χ1v) is 13.6. The summed E-state index contributed by atoms with van der Waals surface area (Å²) >= 11 is 0. The molecule has 0 fully saturated rings. The van der Waals surface area contributed by atoms with Gasteiger partial charge in [-0.15, -0.1) is 0 Å². The highest BCUT2D eigenvalue weighted by molar-refractivity contribution is 6.07. The Kier molecular flexibility index (Phi) is 7.39. The summed E-state index contributed by atoms with van der Waals surface area (Å²) in [5, 5.41) is 1.60. The fourth-order valence-corrected chi connectivity index (χ4v) is 5.11. The number of methoxy groups -OCH3 is 2. The van der Waals surface area contributed by atoms with Gasteiger partial charge in [-0.05, 0) is 65.5 Å². The molecular weight excluding hydrogens is 526 g/mol. The summed E-state index contributed by atoms with van der Waals surface area (Å²) in [5.41, 5.74) is 4.65. The number of para-hydroxylation sites is 1. The second-order valence-corrected chi connectivity index (χ2v) is 10.0. The molecular formula is C35H29N3O4. The molecule has 0 spiro atoms. The molecule has 2 heterocycles. The fourth-order valence-electron chi connectivity index (χ4n) is 5.11. The van der Waals surface area contributed by atoms with Crippen molar-refractivity contribution in [2.45, 2.75) is 13.1 Å². The molecule has 0 saturated carbocycles. The smallest absolute Gasteiger partial charge is 0.255 e. The molecule has 0 saturated heterocycles. The summed E-state index contributed by atoms with van der Waals surface area (Å²) in [5.74, 6) is 1.20. The van der Waals surface area contributed by atoms with Crippen LogP contribution in [0, 0.1) is 0 Å². The maximum Gasteiger partial charge on any atom is 0.255 e. The Balaban J connectivity index is 1.44. The minimum absolute atomic E-state index is 0.125. The van der Waals surface area contributed by atoms with Crippen molar-refractivity contribution in [1.82, 2.24) is 14.9 Å². The molecule has 0 atom stereocenters. The first kappa shape index (κ1) is 26.8. The summed E-state index contributed by atoms with van der Waals surface area (Å²) in [7, 11) is 3.21. The molecule has 4 aromatic carbocycles. The largest absolute Gasteiger partial charge is 0.497 e. The van der Waals surface area contributed by atoms with Crippen LogP contribution in [-0.4, -0.2) is 35.0 Å². The van der Waals surface area contributed by atoms with Gasteiger partial charge in [-0.1, -0.05) is 48.5 Å². The van der Waals surface area contributed by atoms with Gasteiger partial charge in [-0.3, -0.25) is 9.59 Å². The molecule has 6 aromatic rings. The quantitative estimate of drug-likeness (QED) is 0.229. The van der Waals surface area contributed by atoms with Gasteiger partial charge < -0.3 is 19.4 Å². The van der Waals surface area contributed by atoms with Crippen molar-refractivity contribution in [2.75, 3.05) is 14.2 Å². The van der Waals surface area contributed by atoms with E-state index in [2.05, 4.69) is 4.98 Å². The lowest BCUT2D eigenvalue weighted by Gasteiger charge is -2.24. The van der Waals surface area contributed by atoms with E-state index in [1.807, 2.05) is 103 Å². The van der Waals surface area contributed by atoms with E-state index in [-0.39, 0.29) is 18.0 Å². The Bertz CT molecular complexity index is 1950. The van der Waals surface area contributed by atoms with E-state index in [0.717, 1.165) is 27.6 Å². The van der Waals surface area contributed by atoms with Crippen LogP contribution in [0.2, 0.25) is 0 Å². The molecule has 7 nitrogen and oxygen atoms in total. The number of aromatic nitrogens is 2. The number of hydrogen-bond acceptors (Lipinski definition) is 5. The SMILES string of the molecule is COc1ccc(-c2cc(C(=O)N(Cc3ccccc3)Cc3cc4ccc(OC)cc4[nH]c3=O)c3ccccc3n2)cc1. The molecule has 0 unspecified atom stereocenters. The molecule has 6 rings (SSSR count). The highest BCUT2D eigenvalue weighted by Gasteiger charge is 2.22. The molecule has 0 aliphatic carbocycles. The van der Waals surface area contributed by atoms with Crippen LogP contribution in [0.25, 0.3) is 33.1 Å². The van der Waals surface area contributed by atoms with Crippen molar-refractivity contribution >= 4 is 27.7 Å². The molecule has 208 valence electrons. The van der Waals surface area contributed by atoms with E-state index in [4.69, 9.17) is 14.5 Å². The summed E-state index contributed by atoms with van der Waals surface area (Å²) in [6.07, 6.45) is 0. The first-order valence-electron chi connectivity index (χ1n) is 13.6. The third-order valence-corrected chi connectivity index (χ3v) is 7.33. The monoisotopic (exact) mass is 555 g/mol. The van der Waals surface area contributed by atoms with Crippen LogP contribution < -0.4 is 15.0 Å². The number of hydrogen-bond donors (Lipinski definition) is 1. The van der Waals surface area contributed by atoms with Crippen molar-refractivity contribution < 1.29 is 14.3 Å². The van der Waals surface area contributed by atoms with Crippen LogP contribution in [0.1, 0.15) is 21.5 Å². The number of pyridine rings is 2. The van der Waals surface area contributed by atoms with Crippen LogP contribution in [-0.2, 0) is 13.1 Å². The number of carbonyl (C=O) groups excluding carboxylic acids is 1. The molecule has 7 heteroatoms. The normalized spacial score (nSPS) is 11.0. The minimum Gasteiger partial charge on any atom is -0.497 e. The zero-order chi connectivity index (χ0) is 29.1. The second-order valence-electron chi connectivity index (χ2n) is 10.0. The predicted molar refractivity (Wildman–Crippen MR) is 165 cm³/mol. The van der Waals surface area contributed by atoms with Crippen LogP contribution in [0.4, 0.5) is 0 Å². The van der Waals surface area contributed by atoms with Crippen molar-refractivity contribution in [2.24, 2.45) is 0 Å². The Morgan fingerprint density at radius 1 is 0.786 bits per heavy atom. The van der Waals surface area contributed by atoms with Gasteiger partial charge in [0.15, 0.2) is 0 Å². The predicted octanol–water partition coefficient (Wildman–Crippen LogP) is 6.60. The second kappa shape index (κ2) is 11.6. The molecule has 0 aliphatic rings. The lowest BCUT2D eigenvalue weighted by molar-refractivity contribution is 0.0731. The highest BCUT2D eigenvalue weighted by Crippen LogP contribution is 2.28. The third-order valence-electron chi connectivity index (χ3n) is 7.33. The number of nitrogens with zero attached hydrogens (tertiary/aromatic N) is 2. The average molecular weight is 556 g/mol. The van der Waals surface area contributed by atoms with E-state index in [9.17, 15) is 9.59 Å². The first-order chi connectivity index (χ1) is 20.5. The minimum atomic E-state index is -0.250. The zero-order valence-electron chi connectivity index (χ0n) is 23.3. The van der Waals surface area contributed by atoms with E-state index < -0.39 is 0 Å². The molecule has 0 aliphatic heterocycles. The van der Waals surface area contributed by atoms with E-state index in [1.165, 1.54) is 0 Å². The van der Waals surface area contributed by atoms with Gasteiger partial charge >= 0.3 is 0 Å². The van der Waals surface area contributed by atoms with Gasteiger partial charge in [-0.2, -0.15) is 0 Å². The van der Waals surface area contributed by atoms with Crippen LogP contribution in [0.3, 0.4) is 0 Å². The van der Waals surface area contributed by atoms with Gasteiger partial charge in [0.25, 0.3) is 11.5 Å². The number of carbonyl (C=O) groups is 1. The number of H-pyrrole nitrogens is 1. The Morgan fingerprint density at radius 2 is 1.50 bits per heavy atom. The standard InChI is InChI=1S/C35H29N3O4/c1-41-27-15-12-24(13-16-27)33-20-30(29-10-6-7-11-31(29)36-33)35(40)38(21-23-8-4-3-5-9-23)22-26-18-25-14-17-28(42-2)19-32(25)37-34(26)39/h3-20H,21-22H2,1-2H3,(H,37,39). The Hall–Kier alpha value is -5.43.